The number of carbonyl (C=O) groups is 2. The maximum Gasteiger partial charge on any atom is 0.223 e. The lowest BCUT2D eigenvalue weighted by molar-refractivity contribution is -0.142. The largest absolute Gasteiger partial charge is 0.493 e. The van der Waals surface area contributed by atoms with Crippen molar-refractivity contribution < 1.29 is 14.3 Å². The van der Waals surface area contributed by atoms with Gasteiger partial charge in [-0.25, -0.2) is 0 Å². The topological polar surface area (TPSA) is 67.7 Å². The van der Waals surface area contributed by atoms with Crippen LogP contribution in [0.5, 0.6) is 5.75 Å². The van der Waals surface area contributed by atoms with Crippen molar-refractivity contribution in [1.29, 1.82) is 0 Å². The number of nitrogens with zero attached hydrogens (tertiary/aromatic N) is 4. The molecular formula is C27H37ClN4O3. The Morgan fingerprint density at radius 3 is 2.57 bits per heavy atom. The highest BCUT2D eigenvalue weighted by Crippen LogP contribution is 2.36. The summed E-state index contributed by atoms with van der Waals surface area (Å²) in [5, 5.41) is 4.91. The average molecular weight is 501 g/mol. The Hall–Kier alpha value is -2.54. The molecular weight excluding hydrogens is 464 g/mol. The standard InChI is InChI=1S/C27H37ClN4O3/c1-21-22(18-29-30(21)2)10-11-25(33)32-15-7-12-27(19-32,17-26(34)31-13-4-3-5-14-31)20-35-24-9-6-8-23(28)16-24/h6,8-9,16,18H,3-5,7,10-15,17,19-20H2,1-2H3. The van der Waals surface area contributed by atoms with E-state index in [4.69, 9.17) is 16.3 Å². The lowest BCUT2D eigenvalue weighted by Crippen LogP contribution is -2.51. The molecule has 1 aromatic carbocycles. The van der Waals surface area contributed by atoms with Gasteiger partial charge in [0.05, 0.1) is 12.8 Å². The van der Waals surface area contributed by atoms with Crippen LogP contribution in [0, 0.1) is 12.3 Å². The molecule has 0 radical (unpaired) electrons. The predicted molar refractivity (Wildman–Crippen MR) is 137 cm³/mol. The van der Waals surface area contributed by atoms with Crippen LogP contribution in [0.1, 0.15) is 56.2 Å². The highest BCUT2D eigenvalue weighted by Gasteiger charge is 2.41. The number of carbonyl (C=O) groups excluding carboxylic acids is 2. The quantitative estimate of drug-likeness (QED) is 0.538. The lowest BCUT2D eigenvalue weighted by Gasteiger charge is -2.43. The highest BCUT2D eigenvalue weighted by molar-refractivity contribution is 6.30. The number of aromatic nitrogens is 2. The van der Waals surface area contributed by atoms with E-state index in [0.29, 0.717) is 43.2 Å². The Bertz CT molecular complexity index is 1030. The second-order valence-electron chi connectivity index (χ2n) is 10.2. The lowest BCUT2D eigenvalue weighted by atomic mass is 9.77. The molecule has 1 atom stereocenters. The third kappa shape index (κ3) is 6.57. The Morgan fingerprint density at radius 1 is 1.09 bits per heavy atom. The second kappa shape index (κ2) is 11.5. The summed E-state index contributed by atoms with van der Waals surface area (Å²) in [5.74, 6) is 1.00. The van der Waals surface area contributed by atoms with Gasteiger partial charge >= 0.3 is 0 Å². The first kappa shape index (κ1) is 25.5. The molecule has 0 N–H and O–H groups in total. The number of benzene rings is 1. The van der Waals surface area contributed by atoms with Crippen molar-refractivity contribution in [2.75, 3.05) is 32.8 Å². The molecule has 0 spiro atoms. The number of hydrogen-bond donors (Lipinski definition) is 0. The van der Waals surface area contributed by atoms with Crippen LogP contribution in [0.2, 0.25) is 5.02 Å². The minimum Gasteiger partial charge on any atom is -0.493 e. The molecule has 2 saturated heterocycles. The molecule has 4 rings (SSSR count). The summed E-state index contributed by atoms with van der Waals surface area (Å²) in [7, 11) is 1.92. The van der Waals surface area contributed by atoms with Crippen LogP contribution in [-0.4, -0.2) is 64.2 Å². The van der Waals surface area contributed by atoms with Crippen LogP contribution in [0.4, 0.5) is 0 Å². The number of rotatable bonds is 8. The maximum absolute atomic E-state index is 13.3. The van der Waals surface area contributed by atoms with E-state index in [1.807, 2.05) is 52.8 Å². The number of amides is 2. The summed E-state index contributed by atoms with van der Waals surface area (Å²) in [6.45, 7) is 5.34. The van der Waals surface area contributed by atoms with E-state index in [2.05, 4.69) is 5.10 Å². The summed E-state index contributed by atoms with van der Waals surface area (Å²) in [6, 6.07) is 7.35. The fraction of sp³-hybridized carbons (Fsp3) is 0.593. The number of halogens is 1. The van der Waals surface area contributed by atoms with Crippen molar-refractivity contribution in [2.45, 2.75) is 58.3 Å². The Balaban J connectivity index is 1.45. The van der Waals surface area contributed by atoms with Gasteiger partial charge in [0.15, 0.2) is 0 Å². The van der Waals surface area contributed by atoms with Crippen LogP contribution in [0.15, 0.2) is 30.5 Å². The molecule has 2 fully saturated rings. The van der Waals surface area contributed by atoms with E-state index in [9.17, 15) is 9.59 Å². The number of aryl methyl sites for hydroxylation is 2. The first-order chi connectivity index (χ1) is 16.8. The van der Waals surface area contributed by atoms with Gasteiger partial charge in [-0.15, -0.1) is 0 Å². The third-order valence-corrected chi connectivity index (χ3v) is 7.77. The van der Waals surface area contributed by atoms with E-state index in [1.165, 1.54) is 6.42 Å². The minimum atomic E-state index is -0.408. The molecule has 190 valence electrons. The van der Waals surface area contributed by atoms with Gasteiger partial charge in [-0.3, -0.25) is 14.3 Å². The number of piperidine rings is 2. The molecule has 7 nitrogen and oxygen atoms in total. The molecule has 1 aromatic heterocycles. The molecule has 35 heavy (non-hydrogen) atoms. The molecule has 2 aliphatic heterocycles. The minimum absolute atomic E-state index is 0.130. The molecule has 1 unspecified atom stereocenters. The first-order valence-electron chi connectivity index (χ1n) is 12.8. The smallest absolute Gasteiger partial charge is 0.223 e. The molecule has 0 aliphatic carbocycles. The van der Waals surface area contributed by atoms with Crippen molar-refractivity contribution in [3.05, 3.63) is 46.7 Å². The zero-order chi connectivity index (χ0) is 24.8. The average Bonchev–Trinajstić information content (AvgIpc) is 3.19. The van der Waals surface area contributed by atoms with Crippen molar-refractivity contribution >= 4 is 23.4 Å². The maximum atomic E-state index is 13.3. The molecule has 2 aliphatic rings. The zero-order valence-corrected chi connectivity index (χ0v) is 21.7. The summed E-state index contributed by atoms with van der Waals surface area (Å²) in [5.41, 5.74) is 1.79. The molecule has 2 amide bonds. The van der Waals surface area contributed by atoms with E-state index in [0.717, 1.165) is 56.6 Å². The molecule has 2 aromatic rings. The highest BCUT2D eigenvalue weighted by atomic mass is 35.5. The molecule has 0 saturated carbocycles. The zero-order valence-electron chi connectivity index (χ0n) is 21.0. The number of hydrogen-bond acceptors (Lipinski definition) is 4. The van der Waals surface area contributed by atoms with Gasteiger partial charge in [0, 0.05) is 62.2 Å². The van der Waals surface area contributed by atoms with Gasteiger partial charge in [-0.2, -0.15) is 5.10 Å². The number of ether oxygens (including phenoxy) is 1. The van der Waals surface area contributed by atoms with Gasteiger partial charge in [-0.1, -0.05) is 17.7 Å². The van der Waals surface area contributed by atoms with Gasteiger partial charge in [0.25, 0.3) is 0 Å². The van der Waals surface area contributed by atoms with Crippen molar-refractivity contribution in [2.24, 2.45) is 12.5 Å². The summed E-state index contributed by atoms with van der Waals surface area (Å²) in [6.07, 6.45) is 8.41. The molecule has 8 heteroatoms. The SMILES string of the molecule is Cc1c(CCC(=O)N2CCCC(COc3cccc(Cl)c3)(CC(=O)N3CCCCC3)C2)cnn1C. The number of likely N-dealkylation sites (tertiary alicyclic amines) is 2. The first-order valence-corrected chi connectivity index (χ1v) is 13.1. The third-order valence-electron chi connectivity index (χ3n) is 7.54. The van der Waals surface area contributed by atoms with Gasteiger partial charge in [0.2, 0.25) is 11.8 Å². The van der Waals surface area contributed by atoms with Crippen molar-refractivity contribution in [3.63, 3.8) is 0 Å². The van der Waals surface area contributed by atoms with Gasteiger partial charge < -0.3 is 14.5 Å². The molecule has 0 bridgehead atoms. The van der Waals surface area contributed by atoms with Crippen LogP contribution < -0.4 is 4.74 Å². The van der Waals surface area contributed by atoms with E-state index in [-0.39, 0.29) is 11.8 Å². The van der Waals surface area contributed by atoms with E-state index in [1.54, 1.807) is 6.07 Å². The summed E-state index contributed by atoms with van der Waals surface area (Å²) in [4.78, 5) is 30.5. The van der Waals surface area contributed by atoms with Crippen LogP contribution in [0.25, 0.3) is 0 Å². The monoisotopic (exact) mass is 500 g/mol. The Labute approximate surface area is 213 Å². The second-order valence-corrected chi connectivity index (χ2v) is 10.6. The normalized spacial score (nSPS) is 20.7. The van der Waals surface area contributed by atoms with Crippen molar-refractivity contribution in [1.82, 2.24) is 19.6 Å². The molecule has 3 heterocycles. The summed E-state index contributed by atoms with van der Waals surface area (Å²) < 4.78 is 8.03. The van der Waals surface area contributed by atoms with Crippen LogP contribution in [-0.2, 0) is 23.1 Å². The van der Waals surface area contributed by atoms with Crippen molar-refractivity contribution in [3.8, 4) is 5.75 Å². The predicted octanol–water partition coefficient (Wildman–Crippen LogP) is 4.40. The van der Waals surface area contributed by atoms with Gasteiger partial charge in [-0.05, 0) is 69.2 Å². The van der Waals surface area contributed by atoms with Gasteiger partial charge in [0.1, 0.15) is 5.75 Å². The fourth-order valence-corrected chi connectivity index (χ4v) is 5.47. The van der Waals surface area contributed by atoms with E-state index < -0.39 is 5.41 Å². The van der Waals surface area contributed by atoms with E-state index >= 15 is 0 Å². The van der Waals surface area contributed by atoms with Crippen LogP contribution in [0.3, 0.4) is 0 Å². The summed E-state index contributed by atoms with van der Waals surface area (Å²) >= 11 is 6.15. The van der Waals surface area contributed by atoms with Crippen LogP contribution >= 0.6 is 11.6 Å². The Kier molecular flexibility index (Phi) is 8.37. The fourth-order valence-electron chi connectivity index (χ4n) is 5.29. The Morgan fingerprint density at radius 2 is 1.86 bits per heavy atom.